The van der Waals surface area contributed by atoms with Crippen LogP contribution < -0.4 is 10.1 Å². The molecule has 0 fully saturated rings. The number of ether oxygens (including phenoxy) is 2. The van der Waals surface area contributed by atoms with E-state index in [4.69, 9.17) is 23.9 Å². The van der Waals surface area contributed by atoms with E-state index < -0.39 is 8.32 Å². The molecule has 0 amide bonds. The van der Waals surface area contributed by atoms with E-state index in [0.717, 1.165) is 46.7 Å². The van der Waals surface area contributed by atoms with Gasteiger partial charge in [-0.25, -0.2) is 4.99 Å². The minimum Gasteiger partial charge on any atom is -0.497 e. The molecule has 0 aliphatic carbocycles. The zero-order valence-corrected chi connectivity index (χ0v) is 28.9. The number of pyridine rings is 1. The summed E-state index contributed by atoms with van der Waals surface area (Å²) in [4.78, 5) is 9.92. The number of aromatic nitrogens is 1. The van der Waals surface area contributed by atoms with Crippen LogP contribution >= 0.6 is 0 Å². The summed E-state index contributed by atoms with van der Waals surface area (Å²) < 4.78 is 18.3. The highest BCUT2D eigenvalue weighted by Gasteiger charge is 2.41. The third-order valence-electron chi connectivity index (χ3n) is 9.37. The molecule has 1 N–H and O–H groups in total. The number of hydrogen-bond acceptors (Lipinski definition) is 6. The second-order valence-corrected chi connectivity index (χ2v) is 18.7. The molecule has 0 radical (unpaired) electrons. The van der Waals surface area contributed by atoms with Gasteiger partial charge in [0.2, 0.25) is 5.90 Å². The number of rotatable bonds is 12. The maximum absolute atomic E-state index is 6.91. The smallest absolute Gasteiger partial charge is 0.218 e. The number of nitrogens with zero attached hydrogens (tertiary/aromatic N) is 2. The van der Waals surface area contributed by atoms with Crippen molar-refractivity contribution >= 4 is 19.9 Å². The van der Waals surface area contributed by atoms with Crippen molar-refractivity contribution in [3.05, 3.63) is 77.5 Å². The van der Waals surface area contributed by atoms with Crippen molar-refractivity contribution in [2.75, 3.05) is 25.6 Å². The highest BCUT2D eigenvalue weighted by Crippen LogP contribution is 2.43. The fourth-order valence-electron chi connectivity index (χ4n) is 5.20. The summed E-state index contributed by atoms with van der Waals surface area (Å²) in [6.45, 7) is 22.2. The molecule has 0 atom stereocenters. The van der Waals surface area contributed by atoms with Gasteiger partial charge in [-0.3, -0.25) is 4.98 Å². The second kappa shape index (κ2) is 12.8. The van der Waals surface area contributed by atoms with Gasteiger partial charge in [-0.05, 0) is 74.1 Å². The lowest BCUT2D eigenvalue weighted by Crippen LogP contribution is -2.45. The topological polar surface area (TPSA) is 65.0 Å². The van der Waals surface area contributed by atoms with Crippen molar-refractivity contribution in [1.29, 1.82) is 0 Å². The Labute approximate surface area is 260 Å². The van der Waals surface area contributed by atoms with Crippen LogP contribution in [0.15, 0.2) is 65.8 Å². The van der Waals surface area contributed by atoms with Crippen LogP contribution in [0.1, 0.15) is 78.0 Å². The van der Waals surface area contributed by atoms with Crippen LogP contribution in [-0.2, 0) is 21.1 Å². The third-order valence-corrected chi connectivity index (χ3v) is 13.8. The Bertz CT molecular complexity index is 1420. The molecule has 7 heteroatoms. The minimum absolute atomic E-state index is 0.137. The molecule has 2 aromatic carbocycles. The molecule has 1 aliphatic heterocycles. The third kappa shape index (κ3) is 7.32. The minimum atomic E-state index is -1.94. The summed E-state index contributed by atoms with van der Waals surface area (Å²) in [5.74, 6) is 1.49. The van der Waals surface area contributed by atoms with Crippen molar-refractivity contribution in [1.82, 2.24) is 4.98 Å². The van der Waals surface area contributed by atoms with Crippen LogP contribution in [0, 0.1) is 0 Å². The Kier molecular flexibility index (Phi) is 9.77. The van der Waals surface area contributed by atoms with Gasteiger partial charge in [-0.1, -0.05) is 71.0 Å². The first-order valence-corrected chi connectivity index (χ1v) is 18.5. The van der Waals surface area contributed by atoms with Crippen molar-refractivity contribution in [2.24, 2.45) is 4.99 Å². The molecule has 0 saturated carbocycles. The van der Waals surface area contributed by atoms with E-state index in [2.05, 4.69) is 109 Å². The lowest BCUT2D eigenvalue weighted by atomic mass is 9.74. The first-order valence-electron chi connectivity index (χ1n) is 15.6. The van der Waals surface area contributed by atoms with Crippen LogP contribution in [0.2, 0.25) is 18.1 Å². The predicted molar refractivity (Wildman–Crippen MR) is 182 cm³/mol. The van der Waals surface area contributed by atoms with Crippen molar-refractivity contribution in [3.63, 3.8) is 0 Å². The maximum atomic E-state index is 6.91. The monoisotopic (exact) mass is 601 g/mol. The Hall–Kier alpha value is -3.16. The average Bonchev–Trinajstić information content (AvgIpc) is 3.36. The molecule has 232 valence electrons. The summed E-state index contributed by atoms with van der Waals surface area (Å²) in [5.41, 5.74) is 5.92. The van der Waals surface area contributed by atoms with Gasteiger partial charge in [0.15, 0.2) is 8.32 Å². The summed E-state index contributed by atoms with van der Waals surface area (Å²) in [6, 6.07) is 19.0. The van der Waals surface area contributed by atoms with E-state index in [1.807, 2.05) is 18.3 Å². The van der Waals surface area contributed by atoms with Crippen LogP contribution in [0.5, 0.6) is 5.75 Å². The van der Waals surface area contributed by atoms with Gasteiger partial charge in [0.05, 0.1) is 29.6 Å². The van der Waals surface area contributed by atoms with E-state index in [1.165, 1.54) is 5.56 Å². The van der Waals surface area contributed by atoms with E-state index in [0.29, 0.717) is 25.7 Å². The van der Waals surface area contributed by atoms with Gasteiger partial charge in [0, 0.05) is 30.3 Å². The standard InChI is InChI=1S/C36H51N3O3Si/c1-11-36(12-2,25-42-43(9,10)34(3,4)5)30-16-14-13-15-29(30)32-31(37-22-26-17-19-28(40-8)20-18-26)21-27(23-38-32)33-39-35(6,7)24-41-33/h13-21,23,37H,11-12,22,24-25H2,1-10H3. The molecular weight excluding hydrogens is 551 g/mol. The average molecular weight is 602 g/mol. The van der Waals surface area contributed by atoms with Gasteiger partial charge in [0.1, 0.15) is 12.4 Å². The maximum Gasteiger partial charge on any atom is 0.218 e. The highest BCUT2D eigenvalue weighted by molar-refractivity contribution is 6.74. The van der Waals surface area contributed by atoms with Crippen molar-refractivity contribution in [2.45, 2.75) is 96.9 Å². The number of aliphatic imine (C=N–C) groups is 1. The molecule has 0 spiro atoms. The van der Waals surface area contributed by atoms with Gasteiger partial charge in [-0.2, -0.15) is 0 Å². The van der Waals surface area contributed by atoms with Crippen LogP contribution in [-0.4, -0.2) is 45.1 Å². The molecule has 1 aromatic heterocycles. The summed E-state index contributed by atoms with van der Waals surface area (Å²) in [7, 11) is -0.256. The van der Waals surface area contributed by atoms with Crippen LogP contribution in [0.4, 0.5) is 5.69 Å². The van der Waals surface area contributed by atoms with E-state index in [-0.39, 0.29) is 16.0 Å². The van der Waals surface area contributed by atoms with Gasteiger partial charge in [0.25, 0.3) is 0 Å². The SMILES string of the molecule is CCC(CC)(CO[Si](C)(C)C(C)(C)C)c1ccccc1-c1ncc(C2=NC(C)(C)CO2)cc1NCc1ccc(OC)cc1. The van der Waals surface area contributed by atoms with Crippen molar-refractivity contribution < 1.29 is 13.9 Å². The lowest BCUT2D eigenvalue weighted by Gasteiger charge is -2.41. The van der Waals surface area contributed by atoms with E-state index in [1.54, 1.807) is 7.11 Å². The lowest BCUT2D eigenvalue weighted by molar-refractivity contribution is 0.187. The highest BCUT2D eigenvalue weighted by atomic mass is 28.4. The molecule has 1 aliphatic rings. The normalized spacial score (nSPS) is 15.2. The molecule has 4 rings (SSSR count). The van der Waals surface area contributed by atoms with Gasteiger partial charge >= 0.3 is 0 Å². The molecule has 6 nitrogen and oxygen atoms in total. The second-order valence-electron chi connectivity index (χ2n) is 13.9. The quantitative estimate of drug-likeness (QED) is 0.210. The summed E-state index contributed by atoms with van der Waals surface area (Å²) in [6.07, 6.45) is 3.85. The summed E-state index contributed by atoms with van der Waals surface area (Å²) >= 11 is 0. The number of nitrogens with one attached hydrogen (secondary N) is 1. The fourth-order valence-corrected chi connectivity index (χ4v) is 6.27. The molecule has 2 heterocycles. The Morgan fingerprint density at radius 1 is 1.00 bits per heavy atom. The Balaban J connectivity index is 1.78. The first-order chi connectivity index (χ1) is 20.2. The van der Waals surface area contributed by atoms with Crippen LogP contribution in [0.25, 0.3) is 11.3 Å². The molecule has 0 bridgehead atoms. The van der Waals surface area contributed by atoms with E-state index in [9.17, 15) is 0 Å². The van der Waals surface area contributed by atoms with Crippen molar-refractivity contribution in [3.8, 4) is 17.0 Å². The van der Waals surface area contributed by atoms with E-state index >= 15 is 0 Å². The number of hydrogen-bond donors (Lipinski definition) is 1. The molecule has 0 unspecified atom stereocenters. The van der Waals surface area contributed by atoms with Crippen LogP contribution in [0.3, 0.4) is 0 Å². The molecule has 0 saturated heterocycles. The largest absolute Gasteiger partial charge is 0.497 e. The number of benzene rings is 2. The number of methoxy groups -OCH3 is 1. The Morgan fingerprint density at radius 3 is 2.26 bits per heavy atom. The predicted octanol–water partition coefficient (Wildman–Crippen LogP) is 9.00. The van der Waals surface area contributed by atoms with Gasteiger partial charge in [-0.15, -0.1) is 0 Å². The zero-order chi connectivity index (χ0) is 31.5. The summed E-state index contributed by atoms with van der Waals surface area (Å²) in [5, 5.41) is 3.85. The molecule has 3 aromatic rings. The fraction of sp³-hybridized carbons (Fsp3) is 0.500. The van der Waals surface area contributed by atoms with Gasteiger partial charge < -0.3 is 19.2 Å². The zero-order valence-electron chi connectivity index (χ0n) is 27.9. The molecular formula is C36H51N3O3Si. The molecule has 43 heavy (non-hydrogen) atoms. The number of anilines is 1. The first kappa shape index (κ1) is 32.7. The Morgan fingerprint density at radius 2 is 1.67 bits per heavy atom.